The van der Waals surface area contributed by atoms with Gasteiger partial charge in [0.15, 0.2) is 9.84 Å². The summed E-state index contributed by atoms with van der Waals surface area (Å²) in [6.07, 6.45) is 4.86. The maximum Gasteiger partial charge on any atom is 0.249 e. The van der Waals surface area contributed by atoms with Crippen LogP contribution in [0, 0.1) is 0 Å². The second-order valence-electron chi connectivity index (χ2n) is 7.64. The molecule has 1 heterocycles. The van der Waals surface area contributed by atoms with Gasteiger partial charge in [0.25, 0.3) is 0 Å². The number of halogens is 2. The van der Waals surface area contributed by atoms with E-state index in [2.05, 4.69) is 10.2 Å². The van der Waals surface area contributed by atoms with Gasteiger partial charge in [-0.25, -0.2) is 17.2 Å². The van der Waals surface area contributed by atoms with Crippen LogP contribution < -0.4 is 0 Å². The van der Waals surface area contributed by atoms with Crippen molar-refractivity contribution >= 4 is 9.84 Å². The molecule has 1 aromatic heterocycles. The molecule has 8 heteroatoms. The summed E-state index contributed by atoms with van der Waals surface area (Å²) in [7, 11) is -3.07. The summed E-state index contributed by atoms with van der Waals surface area (Å²) in [5.41, 5.74) is -0.260. The smallest absolute Gasteiger partial charge is 0.249 e. The van der Waals surface area contributed by atoms with E-state index < -0.39 is 20.5 Å². The Labute approximate surface area is 133 Å². The van der Waals surface area contributed by atoms with Gasteiger partial charge in [0.05, 0.1) is 4.75 Å². The lowest BCUT2D eigenvalue weighted by Gasteiger charge is -2.50. The zero-order valence-corrected chi connectivity index (χ0v) is 13.8. The molecule has 0 radical (unpaired) electrons. The Balaban J connectivity index is 1.54. The average Bonchev–Trinajstić information content (AvgIpc) is 2.95. The first-order valence-corrected chi connectivity index (χ1v) is 9.95. The Morgan fingerprint density at radius 3 is 2.09 bits per heavy atom. The third kappa shape index (κ3) is 2.24. The third-order valence-corrected chi connectivity index (χ3v) is 8.48. The maximum atomic E-state index is 13.0. The van der Waals surface area contributed by atoms with Gasteiger partial charge >= 0.3 is 0 Å². The Morgan fingerprint density at radius 1 is 1.04 bits per heavy atom. The number of alkyl halides is 2. The highest BCUT2D eigenvalue weighted by Gasteiger charge is 2.56. The minimum atomic E-state index is -3.07. The molecule has 5 nitrogen and oxygen atoms in total. The molecule has 128 valence electrons. The molecule has 5 rings (SSSR count). The molecule has 0 spiro atoms. The van der Waals surface area contributed by atoms with Crippen molar-refractivity contribution in [3.8, 4) is 0 Å². The molecule has 4 fully saturated rings. The molecular weight excluding hydrogens is 326 g/mol. The summed E-state index contributed by atoms with van der Waals surface area (Å²) >= 11 is 0. The highest BCUT2D eigenvalue weighted by Crippen LogP contribution is 2.56. The molecule has 0 N–H and O–H groups in total. The van der Waals surface area contributed by atoms with Crippen LogP contribution in [0.4, 0.5) is 8.78 Å². The van der Waals surface area contributed by atoms with Gasteiger partial charge < -0.3 is 4.42 Å². The Bertz CT molecular complexity index is 711. The molecule has 0 saturated heterocycles. The van der Waals surface area contributed by atoms with Crippen molar-refractivity contribution in [1.29, 1.82) is 0 Å². The molecule has 2 bridgehead atoms. The summed E-state index contributed by atoms with van der Waals surface area (Å²) in [4.78, 5) is 0. The van der Waals surface area contributed by atoms with Crippen LogP contribution in [0.15, 0.2) is 4.42 Å². The number of sulfone groups is 1. The summed E-state index contributed by atoms with van der Waals surface area (Å²) in [5, 5.41) is 8.12. The molecule has 0 atom stereocenters. The van der Waals surface area contributed by atoms with Gasteiger partial charge in [-0.1, -0.05) is 0 Å². The highest BCUT2D eigenvalue weighted by molar-refractivity contribution is 7.92. The molecule has 0 amide bonds. The van der Waals surface area contributed by atoms with E-state index in [0.717, 1.165) is 0 Å². The fraction of sp³-hybridized carbons (Fsp3) is 0.867. The fourth-order valence-electron chi connectivity index (χ4n) is 4.48. The molecule has 4 aliphatic rings. The van der Waals surface area contributed by atoms with Crippen LogP contribution in [-0.2, 0) is 15.3 Å². The Hall–Kier alpha value is -1.05. The standard InChI is InChI=1S/C15H20F2N2O3S/c1-23(20,21)14-5-2-13(3-6-14,4-7-14)12-19-18-11(22-12)10-8-15(16,17)9-10/h10H,2-9H2,1H3. The van der Waals surface area contributed by atoms with E-state index in [1.54, 1.807) is 0 Å². The summed E-state index contributed by atoms with van der Waals surface area (Å²) < 4.78 is 55.3. The van der Waals surface area contributed by atoms with Crippen molar-refractivity contribution < 1.29 is 21.6 Å². The molecule has 0 unspecified atom stereocenters. The minimum Gasteiger partial charge on any atom is -0.424 e. The van der Waals surface area contributed by atoms with E-state index in [1.165, 1.54) is 6.26 Å². The monoisotopic (exact) mass is 346 g/mol. The minimum absolute atomic E-state index is 0.223. The molecule has 0 aromatic carbocycles. The number of hydrogen-bond donors (Lipinski definition) is 0. The van der Waals surface area contributed by atoms with Crippen LogP contribution in [-0.4, -0.2) is 35.5 Å². The van der Waals surface area contributed by atoms with Gasteiger partial charge in [-0.2, -0.15) is 0 Å². The van der Waals surface area contributed by atoms with Crippen molar-refractivity contribution in [2.45, 2.75) is 73.4 Å². The number of aromatic nitrogens is 2. The normalized spacial score (nSPS) is 36.8. The zero-order chi connectivity index (χ0) is 16.5. The summed E-state index contributed by atoms with van der Waals surface area (Å²) in [6.45, 7) is 0. The Morgan fingerprint density at radius 2 is 1.61 bits per heavy atom. The van der Waals surface area contributed by atoms with Crippen molar-refractivity contribution in [3.63, 3.8) is 0 Å². The van der Waals surface area contributed by atoms with Crippen LogP contribution in [0.3, 0.4) is 0 Å². The topological polar surface area (TPSA) is 73.1 Å². The predicted octanol–water partition coefficient (Wildman–Crippen LogP) is 2.97. The predicted molar refractivity (Wildman–Crippen MR) is 78.2 cm³/mol. The molecule has 23 heavy (non-hydrogen) atoms. The molecule has 4 saturated carbocycles. The molecular formula is C15H20F2N2O3S. The van der Waals surface area contributed by atoms with E-state index in [0.29, 0.717) is 50.3 Å². The molecule has 1 aromatic rings. The van der Waals surface area contributed by atoms with Crippen LogP contribution in [0.1, 0.15) is 69.1 Å². The Kier molecular flexibility index (Phi) is 3.04. The van der Waals surface area contributed by atoms with Crippen LogP contribution in [0.25, 0.3) is 0 Å². The van der Waals surface area contributed by atoms with Crippen LogP contribution in [0.5, 0.6) is 0 Å². The van der Waals surface area contributed by atoms with Gasteiger partial charge in [0.2, 0.25) is 17.7 Å². The lowest BCUT2D eigenvalue weighted by Crippen LogP contribution is -2.52. The lowest BCUT2D eigenvalue weighted by atomic mass is 9.60. The third-order valence-electron chi connectivity index (χ3n) is 6.30. The quantitative estimate of drug-likeness (QED) is 0.841. The summed E-state index contributed by atoms with van der Waals surface area (Å²) in [6, 6.07) is 0. The van der Waals surface area contributed by atoms with Gasteiger partial charge in [-0.05, 0) is 38.5 Å². The van der Waals surface area contributed by atoms with E-state index >= 15 is 0 Å². The van der Waals surface area contributed by atoms with Crippen molar-refractivity contribution in [1.82, 2.24) is 10.2 Å². The fourth-order valence-corrected chi connectivity index (χ4v) is 5.90. The first kappa shape index (κ1) is 15.5. The van der Waals surface area contributed by atoms with Gasteiger partial charge in [-0.15, -0.1) is 10.2 Å². The molecule has 0 aliphatic heterocycles. The average molecular weight is 346 g/mol. The van der Waals surface area contributed by atoms with Crippen LogP contribution in [0.2, 0.25) is 0 Å². The number of nitrogens with zero attached hydrogens (tertiary/aromatic N) is 2. The summed E-state index contributed by atoms with van der Waals surface area (Å²) in [5.74, 6) is -2.12. The lowest BCUT2D eigenvalue weighted by molar-refractivity contribution is -0.0922. The van der Waals surface area contributed by atoms with Crippen molar-refractivity contribution in [3.05, 3.63) is 11.8 Å². The number of fused-ring (bicyclic) bond motifs is 3. The van der Waals surface area contributed by atoms with Gasteiger partial charge in [-0.3, -0.25) is 0 Å². The van der Waals surface area contributed by atoms with E-state index in [-0.39, 0.29) is 24.2 Å². The van der Waals surface area contributed by atoms with Crippen molar-refractivity contribution in [2.24, 2.45) is 0 Å². The second-order valence-corrected chi connectivity index (χ2v) is 10.1. The number of hydrogen-bond acceptors (Lipinski definition) is 5. The van der Waals surface area contributed by atoms with Crippen molar-refractivity contribution in [2.75, 3.05) is 6.26 Å². The van der Waals surface area contributed by atoms with E-state index in [1.807, 2.05) is 0 Å². The second kappa shape index (κ2) is 4.52. The SMILES string of the molecule is CS(=O)(=O)C12CCC(c3nnc(C4CC(F)(F)C4)o3)(CC1)CC2. The largest absolute Gasteiger partial charge is 0.424 e. The van der Waals surface area contributed by atoms with E-state index in [9.17, 15) is 17.2 Å². The first-order chi connectivity index (χ1) is 10.6. The zero-order valence-electron chi connectivity index (χ0n) is 13.0. The molecule has 4 aliphatic carbocycles. The van der Waals surface area contributed by atoms with Gasteiger partial charge in [0, 0.05) is 30.4 Å². The van der Waals surface area contributed by atoms with Gasteiger partial charge in [0.1, 0.15) is 0 Å². The highest BCUT2D eigenvalue weighted by atomic mass is 32.2. The number of rotatable bonds is 3. The first-order valence-electron chi connectivity index (χ1n) is 8.06. The van der Waals surface area contributed by atoms with Crippen LogP contribution >= 0.6 is 0 Å². The van der Waals surface area contributed by atoms with E-state index in [4.69, 9.17) is 4.42 Å². The maximum absolute atomic E-state index is 13.0.